The van der Waals surface area contributed by atoms with Crippen molar-refractivity contribution in [3.05, 3.63) is 83.6 Å². The normalized spacial score (nSPS) is 16.7. The Morgan fingerprint density at radius 2 is 1.86 bits per heavy atom. The summed E-state index contributed by atoms with van der Waals surface area (Å²) in [6, 6.07) is 6.48. The molecule has 0 amide bonds. The standard InChI is InChI=1S/C19H12F5NO3/c20-12-7-8-15(14(21)10-12)25-16(18(26)27)5-2-6-17(25)28-13-4-1-3-11(9-13)19(22,23)24/h1-10,17H,(H,26,27). The summed E-state index contributed by atoms with van der Waals surface area (Å²) in [5.41, 5.74) is -1.67. The van der Waals surface area contributed by atoms with Gasteiger partial charge in [-0.1, -0.05) is 12.1 Å². The van der Waals surface area contributed by atoms with Gasteiger partial charge in [-0.15, -0.1) is 0 Å². The molecule has 0 fully saturated rings. The number of ether oxygens (including phenoxy) is 1. The highest BCUT2D eigenvalue weighted by atomic mass is 19.4. The van der Waals surface area contributed by atoms with E-state index in [9.17, 15) is 31.9 Å². The van der Waals surface area contributed by atoms with Gasteiger partial charge in [-0.05, 0) is 42.5 Å². The summed E-state index contributed by atoms with van der Waals surface area (Å²) in [7, 11) is 0. The van der Waals surface area contributed by atoms with Crippen molar-refractivity contribution in [1.82, 2.24) is 0 Å². The second kappa shape index (κ2) is 7.34. The minimum Gasteiger partial charge on any atom is -0.477 e. The third kappa shape index (κ3) is 3.98. The molecule has 0 bridgehead atoms. The van der Waals surface area contributed by atoms with Crippen LogP contribution in [-0.4, -0.2) is 17.3 Å². The van der Waals surface area contributed by atoms with Gasteiger partial charge in [0.2, 0.25) is 0 Å². The zero-order valence-electron chi connectivity index (χ0n) is 14.0. The number of benzene rings is 2. The van der Waals surface area contributed by atoms with Crippen LogP contribution in [0.3, 0.4) is 0 Å². The van der Waals surface area contributed by atoms with E-state index in [0.717, 1.165) is 41.3 Å². The number of hydrogen-bond acceptors (Lipinski definition) is 3. The van der Waals surface area contributed by atoms with E-state index in [0.29, 0.717) is 6.07 Å². The third-order valence-corrected chi connectivity index (χ3v) is 3.85. The van der Waals surface area contributed by atoms with Gasteiger partial charge in [-0.3, -0.25) is 4.90 Å². The Morgan fingerprint density at radius 3 is 2.50 bits per heavy atom. The molecule has 1 aliphatic heterocycles. The highest BCUT2D eigenvalue weighted by Gasteiger charge is 2.33. The number of anilines is 1. The molecule has 0 saturated carbocycles. The van der Waals surface area contributed by atoms with Crippen LogP contribution in [0.1, 0.15) is 5.56 Å². The van der Waals surface area contributed by atoms with Gasteiger partial charge in [-0.2, -0.15) is 13.2 Å². The summed E-state index contributed by atoms with van der Waals surface area (Å²) in [5.74, 6) is -3.56. The van der Waals surface area contributed by atoms with Gasteiger partial charge in [0.15, 0.2) is 6.23 Å². The Kier molecular flexibility index (Phi) is 5.08. The Labute approximate surface area is 155 Å². The molecular weight excluding hydrogens is 385 g/mol. The first-order valence-electron chi connectivity index (χ1n) is 7.87. The molecule has 0 saturated heterocycles. The summed E-state index contributed by atoms with van der Waals surface area (Å²) in [4.78, 5) is 12.5. The smallest absolute Gasteiger partial charge is 0.416 e. The van der Waals surface area contributed by atoms with E-state index in [1.807, 2.05) is 0 Å². The minimum atomic E-state index is -4.60. The second-order valence-corrected chi connectivity index (χ2v) is 5.74. The van der Waals surface area contributed by atoms with Gasteiger partial charge in [0.05, 0.1) is 11.3 Å². The van der Waals surface area contributed by atoms with Crippen molar-refractivity contribution in [3.63, 3.8) is 0 Å². The first kappa shape index (κ1) is 19.4. The van der Waals surface area contributed by atoms with Crippen LogP contribution in [0.5, 0.6) is 5.75 Å². The van der Waals surface area contributed by atoms with E-state index in [4.69, 9.17) is 4.74 Å². The highest BCUT2D eigenvalue weighted by molar-refractivity contribution is 5.92. The van der Waals surface area contributed by atoms with E-state index < -0.39 is 41.3 Å². The van der Waals surface area contributed by atoms with Crippen LogP contribution in [0.25, 0.3) is 0 Å². The Balaban J connectivity index is 2.00. The molecule has 1 heterocycles. The molecule has 0 aliphatic carbocycles. The number of alkyl halides is 3. The van der Waals surface area contributed by atoms with E-state index in [-0.39, 0.29) is 11.4 Å². The molecule has 2 aromatic carbocycles. The van der Waals surface area contributed by atoms with Crippen LogP contribution in [-0.2, 0) is 11.0 Å². The average molecular weight is 397 g/mol. The molecule has 0 radical (unpaired) electrons. The zero-order valence-corrected chi connectivity index (χ0v) is 14.0. The lowest BCUT2D eigenvalue weighted by Gasteiger charge is -2.34. The quantitative estimate of drug-likeness (QED) is 0.758. The van der Waals surface area contributed by atoms with Crippen LogP contribution in [0, 0.1) is 11.6 Å². The monoisotopic (exact) mass is 397 g/mol. The van der Waals surface area contributed by atoms with Crippen molar-refractivity contribution >= 4 is 11.7 Å². The van der Waals surface area contributed by atoms with Crippen molar-refractivity contribution in [1.29, 1.82) is 0 Å². The van der Waals surface area contributed by atoms with Crippen molar-refractivity contribution in [2.24, 2.45) is 0 Å². The van der Waals surface area contributed by atoms with Gasteiger partial charge in [-0.25, -0.2) is 13.6 Å². The largest absolute Gasteiger partial charge is 0.477 e. The molecule has 1 unspecified atom stereocenters. The second-order valence-electron chi connectivity index (χ2n) is 5.74. The molecular formula is C19H12F5NO3. The number of aliphatic carboxylic acids is 1. The average Bonchev–Trinajstić information content (AvgIpc) is 2.61. The predicted octanol–water partition coefficient (Wildman–Crippen LogP) is 4.73. The summed E-state index contributed by atoms with van der Waals surface area (Å²) in [5, 5.41) is 9.41. The molecule has 4 nitrogen and oxygen atoms in total. The maximum atomic E-state index is 14.3. The van der Waals surface area contributed by atoms with Crippen LogP contribution in [0.2, 0.25) is 0 Å². The van der Waals surface area contributed by atoms with Gasteiger partial charge in [0.25, 0.3) is 0 Å². The lowest BCUT2D eigenvalue weighted by Crippen LogP contribution is -2.42. The minimum absolute atomic E-state index is 0.205. The van der Waals surface area contributed by atoms with Crippen LogP contribution >= 0.6 is 0 Å². The van der Waals surface area contributed by atoms with E-state index >= 15 is 0 Å². The predicted molar refractivity (Wildman–Crippen MR) is 89.6 cm³/mol. The molecule has 9 heteroatoms. The first-order chi connectivity index (χ1) is 13.2. The number of carbonyl (C=O) groups is 1. The SMILES string of the molecule is O=C(O)C1=CC=CC(Oc2cccc(C(F)(F)F)c2)N1c1ccc(F)cc1F. The number of halogens is 5. The van der Waals surface area contributed by atoms with Crippen LogP contribution < -0.4 is 9.64 Å². The fourth-order valence-corrected chi connectivity index (χ4v) is 2.64. The molecule has 2 aromatic rings. The number of rotatable bonds is 4. The number of carboxylic acid groups (broad SMARTS) is 1. The molecule has 0 aromatic heterocycles. The molecule has 28 heavy (non-hydrogen) atoms. The Morgan fingerprint density at radius 1 is 1.11 bits per heavy atom. The lowest BCUT2D eigenvalue weighted by molar-refractivity contribution is -0.137. The fraction of sp³-hybridized carbons (Fsp3) is 0.105. The summed E-state index contributed by atoms with van der Waals surface area (Å²) >= 11 is 0. The van der Waals surface area contributed by atoms with Crippen molar-refractivity contribution in [2.75, 3.05) is 4.90 Å². The summed E-state index contributed by atoms with van der Waals surface area (Å²) in [6.45, 7) is 0. The van der Waals surface area contributed by atoms with Crippen molar-refractivity contribution in [3.8, 4) is 5.75 Å². The lowest BCUT2D eigenvalue weighted by atomic mass is 10.1. The van der Waals surface area contributed by atoms with E-state index in [2.05, 4.69) is 0 Å². The summed E-state index contributed by atoms with van der Waals surface area (Å²) in [6.07, 6.45) is -2.07. The molecule has 1 aliphatic rings. The highest BCUT2D eigenvalue weighted by Crippen LogP contribution is 2.34. The molecule has 1 atom stereocenters. The van der Waals surface area contributed by atoms with Crippen molar-refractivity contribution in [2.45, 2.75) is 12.4 Å². The van der Waals surface area contributed by atoms with Crippen LogP contribution in [0.15, 0.2) is 66.4 Å². The Bertz CT molecular complexity index is 968. The molecule has 3 rings (SSSR count). The maximum Gasteiger partial charge on any atom is 0.416 e. The van der Waals surface area contributed by atoms with Gasteiger partial charge >= 0.3 is 12.1 Å². The third-order valence-electron chi connectivity index (χ3n) is 3.85. The first-order valence-corrected chi connectivity index (χ1v) is 7.87. The van der Waals surface area contributed by atoms with E-state index in [1.165, 1.54) is 18.2 Å². The van der Waals surface area contributed by atoms with E-state index in [1.54, 1.807) is 0 Å². The van der Waals surface area contributed by atoms with Crippen molar-refractivity contribution < 1.29 is 36.6 Å². The zero-order chi connectivity index (χ0) is 20.5. The van der Waals surface area contributed by atoms with Crippen LogP contribution in [0.4, 0.5) is 27.6 Å². The molecule has 0 spiro atoms. The van der Waals surface area contributed by atoms with Gasteiger partial charge in [0.1, 0.15) is 23.1 Å². The van der Waals surface area contributed by atoms with Gasteiger partial charge < -0.3 is 9.84 Å². The molecule has 1 N–H and O–H groups in total. The van der Waals surface area contributed by atoms with Gasteiger partial charge in [0, 0.05) is 6.07 Å². The Hall–Kier alpha value is -3.36. The number of nitrogens with zero attached hydrogens (tertiary/aromatic N) is 1. The number of allylic oxidation sites excluding steroid dienone is 2. The number of hydrogen-bond donors (Lipinski definition) is 1. The topological polar surface area (TPSA) is 49.8 Å². The fourth-order valence-electron chi connectivity index (χ4n) is 2.64. The maximum absolute atomic E-state index is 14.3. The number of carboxylic acids is 1. The summed E-state index contributed by atoms with van der Waals surface area (Å²) < 4.78 is 71.7. The molecule has 146 valence electrons.